The van der Waals surface area contributed by atoms with Crippen LogP contribution >= 0.6 is 0 Å². The zero-order valence-corrected chi connectivity index (χ0v) is 24.3. The van der Waals surface area contributed by atoms with E-state index in [1.54, 1.807) is 33.4 Å². The van der Waals surface area contributed by atoms with Gasteiger partial charge in [0.05, 0.1) is 0 Å². The molecule has 0 aromatic carbocycles. The summed E-state index contributed by atoms with van der Waals surface area (Å²) >= 11 is -0.601. The van der Waals surface area contributed by atoms with Gasteiger partial charge in [0.2, 0.25) is 0 Å². The summed E-state index contributed by atoms with van der Waals surface area (Å²) in [5.74, 6) is 1.42. The molecule has 35 heavy (non-hydrogen) atoms. The summed E-state index contributed by atoms with van der Waals surface area (Å²) in [7, 11) is -12.2. The standard InChI is InChI=1S/2C9H13.2CHF3O3S.Zr/c2*1-6-5-7(2)9(4)8(6)3;2*2-1(3,4)8(5,6)7;/h2*6H,1-4H3;2*(H,5,6,7);/q;;;;+2/p-2. The second-order valence-corrected chi connectivity index (χ2v) is 14.1. The van der Waals surface area contributed by atoms with E-state index in [9.17, 15) is 26.3 Å². The van der Waals surface area contributed by atoms with Crippen molar-refractivity contribution in [3.05, 3.63) is 40.0 Å². The minimum atomic E-state index is -6.09. The van der Waals surface area contributed by atoms with Crippen molar-refractivity contribution in [2.45, 2.75) is 66.4 Å². The van der Waals surface area contributed by atoms with Gasteiger partial charge in [0.1, 0.15) is 0 Å². The third-order valence-corrected chi connectivity index (χ3v) is 12.5. The van der Waals surface area contributed by atoms with Crippen LogP contribution in [0.3, 0.4) is 0 Å². The van der Waals surface area contributed by atoms with Crippen molar-refractivity contribution >= 4 is 20.2 Å². The maximum absolute atomic E-state index is 10.7. The fourth-order valence-electron chi connectivity index (χ4n) is 3.28. The van der Waals surface area contributed by atoms with Crippen molar-refractivity contribution in [1.82, 2.24) is 0 Å². The van der Waals surface area contributed by atoms with Crippen LogP contribution in [0.2, 0.25) is 0 Å². The first kappa shape index (κ1) is 34.2. The molecule has 0 N–H and O–H groups in total. The molecule has 0 heterocycles. The Morgan fingerprint density at radius 2 is 0.800 bits per heavy atom. The Labute approximate surface area is 213 Å². The molecule has 2 aliphatic carbocycles. The van der Waals surface area contributed by atoms with Crippen LogP contribution in [0, 0.1) is 11.8 Å². The second kappa shape index (κ2) is 11.7. The molecule has 0 saturated heterocycles. The van der Waals surface area contributed by atoms with E-state index in [1.165, 1.54) is 0 Å². The third kappa shape index (κ3) is 8.65. The molecule has 0 bridgehead atoms. The van der Waals surface area contributed by atoms with Crippen LogP contribution in [0.5, 0.6) is 0 Å². The Balaban J connectivity index is 0.000000601. The monoisotopic (exact) mass is 630 g/mol. The van der Waals surface area contributed by atoms with Gasteiger partial charge < -0.3 is 9.11 Å². The molecule has 15 heteroatoms. The summed E-state index contributed by atoms with van der Waals surface area (Å²) in [4.78, 5) is 0. The maximum Gasteiger partial charge on any atom is 0.485 e. The van der Waals surface area contributed by atoms with Crippen LogP contribution in [-0.2, 0) is 43.5 Å². The van der Waals surface area contributed by atoms with Gasteiger partial charge in [-0.15, -0.1) is 0 Å². The predicted octanol–water partition coefficient (Wildman–Crippen LogP) is 5.69. The normalized spacial score (nSPS) is 21.6. The molecule has 0 aromatic rings. The van der Waals surface area contributed by atoms with E-state index >= 15 is 0 Å². The molecule has 2 atom stereocenters. The zero-order chi connectivity index (χ0) is 28.5. The zero-order valence-electron chi connectivity index (χ0n) is 20.2. The Morgan fingerprint density at radius 3 is 0.914 bits per heavy atom. The molecular weight excluding hydrogens is 606 g/mol. The van der Waals surface area contributed by atoms with Crippen molar-refractivity contribution in [2.75, 3.05) is 0 Å². The third-order valence-electron chi connectivity index (χ3n) is 6.12. The molecule has 0 radical (unpaired) electrons. The molecule has 0 saturated carbocycles. The van der Waals surface area contributed by atoms with Gasteiger partial charge >= 0.3 is 141 Å². The minimum absolute atomic E-state index is 0.601. The van der Waals surface area contributed by atoms with E-state index in [2.05, 4.69) is 55.4 Å². The van der Waals surface area contributed by atoms with Crippen molar-refractivity contribution < 1.29 is 75.5 Å². The SMILES string of the molecule is CC1=C(C)C(C)[C]([Zr+2][C]2=C(C)C(C)=C(C)C2C)=C1C.O=S(=O)([O-])C(F)(F)F.O=S(=O)([O-])C(F)(F)F. The topological polar surface area (TPSA) is 114 Å². The van der Waals surface area contributed by atoms with E-state index in [-0.39, 0.29) is 0 Å². The van der Waals surface area contributed by atoms with Crippen molar-refractivity contribution in [3.8, 4) is 0 Å². The van der Waals surface area contributed by atoms with Gasteiger partial charge in [-0.1, -0.05) is 0 Å². The number of hydrogen-bond donors (Lipinski definition) is 0. The maximum atomic E-state index is 10.7. The minimum Gasteiger partial charge on any atom is -0.741 e. The largest absolute Gasteiger partial charge is 0.741 e. The second-order valence-electron chi connectivity index (χ2n) is 8.06. The number of rotatable bonds is 2. The van der Waals surface area contributed by atoms with Gasteiger partial charge in [0.15, 0.2) is 20.2 Å². The van der Waals surface area contributed by atoms with Crippen LogP contribution in [0.1, 0.15) is 55.4 Å². The van der Waals surface area contributed by atoms with E-state index in [1.807, 2.05) is 6.56 Å². The van der Waals surface area contributed by atoms with E-state index in [4.69, 9.17) is 25.9 Å². The fourth-order valence-corrected chi connectivity index (χ4v) is 7.96. The molecule has 0 aliphatic heterocycles. The van der Waals surface area contributed by atoms with Crippen molar-refractivity contribution in [2.24, 2.45) is 11.8 Å². The number of alkyl halides is 6. The Kier molecular flexibility index (Phi) is 11.5. The first-order valence-corrected chi connectivity index (χ1v) is 15.1. The molecule has 2 unspecified atom stereocenters. The molecular formula is C20H26F6O6S2Zr. The molecule has 0 amide bonds. The molecule has 200 valence electrons. The van der Waals surface area contributed by atoms with Gasteiger partial charge in [-0.3, -0.25) is 0 Å². The van der Waals surface area contributed by atoms with Crippen LogP contribution in [0.25, 0.3) is 0 Å². The smallest absolute Gasteiger partial charge is 0.485 e. The van der Waals surface area contributed by atoms with Crippen LogP contribution in [0.15, 0.2) is 40.0 Å². The van der Waals surface area contributed by atoms with Gasteiger partial charge in [0.25, 0.3) is 0 Å². The quantitative estimate of drug-likeness (QED) is 0.220. The number of hydrogen-bond acceptors (Lipinski definition) is 6. The van der Waals surface area contributed by atoms with Gasteiger partial charge in [-0.05, 0) is 0 Å². The average Bonchev–Trinajstić information content (AvgIpc) is 2.95. The Morgan fingerprint density at radius 1 is 0.600 bits per heavy atom. The first-order valence-electron chi connectivity index (χ1n) is 9.85. The van der Waals surface area contributed by atoms with E-state index in [0.717, 1.165) is 0 Å². The summed E-state index contributed by atoms with van der Waals surface area (Å²) in [6, 6.07) is 0. The predicted molar refractivity (Wildman–Crippen MR) is 112 cm³/mol. The van der Waals surface area contributed by atoms with Gasteiger partial charge in [0, 0.05) is 0 Å². The van der Waals surface area contributed by atoms with Gasteiger partial charge in [-0.25, -0.2) is 16.8 Å². The molecule has 0 fully saturated rings. The average molecular weight is 632 g/mol. The van der Waals surface area contributed by atoms with E-state index in [0.29, 0.717) is 11.8 Å². The fraction of sp³-hybridized carbons (Fsp3) is 0.600. The van der Waals surface area contributed by atoms with Crippen LogP contribution in [-0.4, -0.2) is 37.0 Å². The van der Waals surface area contributed by atoms with Gasteiger partial charge in [-0.2, -0.15) is 26.3 Å². The first-order chi connectivity index (χ1) is 15.3. The van der Waals surface area contributed by atoms with Crippen LogP contribution in [0.4, 0.5) is 26.3 Å². The number of allylic oxidation sites excluding steroid dienone is 8. The van der Waals surface area contributed by atoms with Crippen molar-refractivity contribution in [1.29, 1.82) is 0 Å². The Bertz CT molecular complexity index is 1080. The summed E-state index contributed by atoms with van der Waals surface area (Å²) < 4.78 is 121. The molecule has 2 aliphatic rings. The molecule has 0 spiro atoms. The molecule has 2 rings (SSSR count). The Hall–Kier alpha value is -0.757. The van der Waals surface area contributed by atoms with Crippen molar-refractivity contribution in [3.63, 3.8) is 0 Å². The van der Waals surface area contributed by atoms with Crippen LogP contribution < -0.4 is 0 Å². The summed E-state index contributed by atoms with van der Waals surface area (Å²) in [6.07, 6.45) is 0. The summed E-state index contributed by atoms with van der Waals surface area (Å²) in [6.45, 7) is 18.8. The summed E-state index contributed by atoms with van der Waals surface area (Å²) in [5.41, 5.74) is -1.71. The molecule has 0 aromatic heterocycles. The van der Waals surface area contributed by atoms with E-state index < -0.39 is 54.5 Å². The number of halogens is 6. The molecule has 6 nitrogen and oxygen atoms in total. The summed E-state index contributed by atoms with van der Waals surface area (Å²) in [5, 5.41) is 0.